The first-order valence-corrected chi connectivity index (χ1v) is 13.7. The normalized spacial score (nSPS) is 10.9. The molecule has 0 unspecified atom stereocenters. The number of ether oxygens (including phenoxy) is 1. The molecular formula is C32H32FN7O3. The van der Waals surface area contributed by atoms with Crippen molar-refractivity contribution in [2.24, 2.45) is 0 Å². The van der Waals surface area contributed by atoms with Crippen LogP contribution in [0.2, 0.25) is 0 Å². The fraction of sp³-hybridized carbons (Fsp3) is 0.188. The summed E-state index contributed by atoms with van der Waals surface area (Å²) < 4.78 is 20.3. The lowest BCUT2D eigenvalue weighted by Crippen LogP contribution is -2.32. The first kappa shape index (κ1) is 29.2. The molecule has 2 aromatic heterocycles. The van der Waals surface area contributed by atoms with Gasteiger partial charge in [-0.05, 0) is 72.8 Å². The lowest BCUT2D eigenvalue weighted by Gasteiger charge is -2.18. The number of likely N-dealkylation sites (N-methyl/N-ethyl adjacent to an activating group) is 2. The summed E-state index contributed by atoms with van der Waals surface area (Å²) in [6, 6.07) is 22.4. The molecule has 3 N–H and O–H groups in total. The number of nitrogens with zero attached hydrogens (tertiary/aromatic N) is 4. The molecule has 43 heavy (non-hydrogen) atoms. The summed E-state index contributed by atoms with van der Waals surface area (Å²) in [4.78, 5) is 31.4. The van der Waals surface area contributed by atoms with Crippen molar-refractivity contribution in [2.75, 3.05) is 44.9 Å². The number of hydrogen-bond donors (Lipinski definition) is 3. The Hall–Kier alpha value is -5.29. The average Bonchev–Trinajstić information content (AvgIpc) is 3.42. The zero-order chi connectivity index (χ0) is 30.3. The number of pyridine rings is 1. The lowest BCUT2D eigenvalue weighted by molar-refractivity contribution is -0.115. The number of methoxy groups -OCH3 is 1. The average molecular weight is 582 g/mol. The minimum absolute atomic E-state index is 0.0982. The molecule has 0 aliphatic heterocycles. The molecule has 0 atom stereocenters. The van der Waals surface area contributed by atoms with Gasteiger partial charge in [-0.3, -0.25) is 9.59 Å². The smallest absolute Gasteiger partial charge is 0.253 e. The molecule has 3 aromatic carbocycles. The van der Waals surface area contributed by atoms with Crippen LogP contribution < -0.4 is 20.7 Å². The van der Waals surface area contributed by atoms with Crippen LogP contribution in [0.1, 0.15) is 15.9 Å². The predicted molar refractivity (Wildman–Crippen MR) is 164 cm³/mol. The second-order valence-electron chi connectivity index (χ2n) is 9.96. The molecule has 5 rings (SSSR count). The monoisotopic (exact) mass is 581 g/mol. The standard InChI is InChI=1S/C32H32FN7O3/c1-34-16-17-39(2)31(42)23-8-14-27(28(19-23)43-3)36-32-37-29-15-9-24(20-40(29)38-32)22-6-12-26(13-7-22)35-30(41)18-21-4-10-25(33)11-5-21/h4-15,19-20,34H,16-18H2,1-3H3,(H,35,41)(H,36,38). The van der Waals surface area contributed by atoms with Crippen LogP contribution in [0.3, 0.4) is 0 Å². The van der Waals surface area contributed by atoms with E-state index in [1.807, 2.05) is 49.6 Å². The molecule has 0 aliphatic rings. The maximum atomic E-state index is 13.1. The molecule has 0 radical (unpaired) electrons. The molecule has 0 saturated heterocycles. The van der Waals surface area contributed by atoms with Gasteiger partial charge < -0.3 is 25.6 Å². The summed E-state index contributed by atoms with van der Waals surface area (Å²) in [5.74, 6) is 0.259. The number of benzene rings is 3. The number of anilines is 3. The number of halogens is 1. The summed E-state index contributed by atoms with van der Waals surface area (Å²) in [6.07, 6.45) is 2.03. The molecule has 0 bridgehead atoms. The van der Waals surface area contributed by atoms with Crippen molar-refractivity contribution >= 4 is 34.8 Å². The lowest BCUT2D eigenvalue weighted by atomic mass is 10.1. The molecule has 11 heteroatoms. The molecule has 0 aliphatic carbocycles. The fourth-order valence-electron chi connectivity index (χ4n) is 4.50. The van der Waals surface area contributed by atoms with E-state index in [9.17, 15) is 14.0 Å². The van der Waals surface area contributed by atoms with Gasteiger partial charge in [-0.25, -0.2) is 8.91 Å². The number of aromatic nitrogens is 3. The summed E-state index contributed by atoms with van der Waals surface area (Å²) in [5, 5.41) is 13.7. The van der Waals surface area contributed by atoms with Crippen molar-refractivity contribution in [3.8, 4) is 16.9 Å². The first-order valence-electron chi connectivity index (χ1n) is 13.7. The van der Waals surface area contributed by atoms with Crippen molar-refractivity contribution in [2.45, 2.75) is 6.42 Å². The largest absolute Gasteiger partial charge is 0.495 e. The Bertz CT molecular complexity index is 1740. The van der Waals surface area contributed by atoms with Crippen LogP contribution in [0.5, 0.6) is 5.75 Å². The quantitative estimate of drug-likeness (QED) is 0.206. The molecule has 0 spiro atoms. The van der Waals surface area contributed by atoms with Gasteiger partial charge in [-0.1, -0.05) is 24.3 Å². The van der Waals surface area contributed by atoms with Crippen LogP contribution in [0.15, 0.2) is 85.1 Å². The molecule has 2 amide bonds. The maximum Gasteiger partial charge on any atom is 0.253 e. The van der Waals surface area contributed by atoms with E-state index < -0.39 is 0 Å². The topological polar surface area (TPSA) is 113 Å². The second kappa shape index (κ2) is 13.1. The SMILES string of the molecule is CNCCN(C)C(=O)c1ccc(Nc2nc3ccc(-c4ccc(NC(=O)Cc5ccc(F)cc5)cc4)cn3n2)c(OC)c1. The van der Waals surface area contributed by atoms with Crippen LogP contribution >= 0.6 is 0 Å². The molecule has 220 valence electrons. The van der Waals surface area contributed by atoms with Gasteiger partial charge in [-0.2, -0.15) is 4.98 Å². The molecule has 5 aromatic rings. The van der Waals surface area contributed by atoms with Gasteiger partial charge in [0.15, 0.2) is 5.65 Å². The zero-order valence-corrected chi connectivity index (χ0v) is 24.1. The van der Waals surface area contributed by atoms with E-state index in [2.05, 4.69) is 26.0 Å². The van der Waals surface area contributed by atoms with E-state index in [1.165, 1.54) is 12.1 Å². The first-order chi connectivity index (χ1) is 20.8. The highest BCUT2D eigenvalue weighted by Crippen LogP contribution is 2.29. The van der Waals surface area contributed by atoms with E-state index >= 15 is 0 Å². The van der Waals surface area contributed by atoms with Crippen LogP contribution in [0.4, 0.5) is 21.7 Å². The van der Waals surface area contributed by atoms with Crippen LogP contribution in [-0.2, 0) is 11.2 Å². The van der Waals surface area contributed by atoms with E-state index in [0.29, 0.717) is 47.4 Å². The number of hydrogen-bond acceptors (Lipinski definition) is 7. The van der Waals surface area contributed by atoms with Crippen LogP contribution in [0.25, 0.3) is 16.8 Å². The van der Waals surface area contributed by atoms with Gasteiger partial charge in [0.25, 0.3) is 5.91 Å². The molecule has 0 saturated carbocycles. The Kier molecular flexibility index (Phi) is 8.92. The number of carbonyl (C=O) groups is 2. The third kappa shape index (κ3) is 7.14. The highest BCUT2D eigenvalue weighted by Gasteiger charge is 2.15. The van der Waals surface area contributed by atoms with Gasteiger partial charge in [0.1, 0.15) is 11.6 Å². The minimum Gasteiger partial charge on any atom is -0.495 e. The fourth-order valence-corrected chi connectivity index (χ4v) is 4.50. The van der Waals surface area contributed by atoms with E-state index in [-0.39, 0.29) is 24.1 Å². The van der Waals surface area contributed by atoms with Crippen molar-refractivity contribution in [3.63, 3.8) is 0 Å². The van der Waals surface area contributed by atoms with Gasteiger partial charge in [0, 0.05) is 43.1 Å². The number of rotatable bonds is 11. The molecule has 0 fully saturated rings. The predicted octanol–water partition coefficient (Wildman–Crippen LogP) is 4.76. The Morgan fingerprint density at radius 2 is 1.72 bits per heavy atom. The summed E-state index contributed by atoms with van der Waals surface area (Å²) in [6.45, 7) is 1.29. The third-order valence-corrected chi connectivity index (χ3v) is 6.85. The Morgan fingerprint density at radius 3 is 2.44 bits per heavy atom. The van der Waals surface area contributed by atoms with Crippen molar-refractivity contribution < 1.29 is 18.7 Å². The van der Waals surface area contributed by atoms with E-state index in [1.54, 1.807) is 53.9 Å². The number of carbonyl (C=O) groups excluding carboxylic acids is 2. The van der Waals surface area contributed by atoms with Gasteiger partial charge >= 0.3 is 0 Å². The Labute approximate surface area is 248 Å². The third-order valence-electron chi connectivity index (χ3n) is 6.85. The Morgan fingerprint density at radius 1 is 0.977 bits per heavy atom. The molecule has 10 nitrogen and oxygen atoms in total. The molecular weight excluding hydrogens is 549 g/mol. The van der Waals surface area contributed by atoms with E-state index in [0.717, 1.165) is 16.7 Å². The van der Waals surface area contributed by atoms with Gasteiger partial charge in [-0.15, -0.1) is 5.10 Å². The summed E-state index contributed by atoms with van der Waals surface area (Å²) in [5.41, 5.74) is 5.04. The Balaban J connectivity index is 1.26. The molecule has 2 heterocycles. The number of nitrogens with one attached hydrogen (secondary N) is 3. The van der Waals surface area contributed by atoms with Crippen LogP contribution in [0, 0.1) is 5.82 Å². The van der Waals surface area contributed by atoms with E-state index in [4.69, 9.17) is 4.74 Å². The van der Waals surface area contributed by atoms with Crippen molar-refractivity contribution in [1.82, 2.24) is 24.8 Å². The van der Waals surface area contributed by atoms with Crippen molar-refractivity contribution in [1.29, 1.82) is 0 Å². The van der Waals surface area contributed by atoms with Crippen LogP contribution in [-0.4, -0.2) is 65.6 Å². The number of fused-ring (bicyclic) bond motifs is 1. The van der Waals surface area contributed by atoms with Crippen molar-refractivity contribution in [3.05, 3.63) is 102 Å². The highest BCUT2D eigenvalue weighted by molar-refractivity contribution is 5.95. The second-order valence-corrected chi connectivity index (χ2v) is 9.96. The minimum atomic E-state index is -0.333. The zero-order valence-electron chi connectivity index (χ0n) is 24.1. The summed E-state index contributed by atoms with van der Waals surface area (Å²) >= 11 is 0. The summed E-state index contributed by atoms with van der Waals surface area (Å²) in [7, 11) is 5.15. The maximum absolute atomic E-state index is 13.1. The highest BCUT2D eigenvalue weighted by atomic mass is 19.1. The number of amides is 2. The van der Waals surface area contributed by atoms with Gasteiger partial charge in [0.2, 0.25) is 11.9 Å². The van der Waals surface area contributed by atoms with Gasteiger partial charge in [0.05, 0.1) is 19.2 Å².